The third kappa shape index (κ3) is 3.58. The number of piperidine rings is 1. The van der Waals surface area contributed by atoms with E-state index in [0.717, 1.165) is 6.04 Å². The van der Waals surface area contributed by atoms with E-state index in [0.29, 0.717) is 6.04 Å². The maximum absolute atomic E-state index is 2.73. The number of likely N-dealkylation sites (tertiary alicyclic amines) is 1. The van der Waals surface area contributed by atoms with Gasteiger partial charge in [-0.2, -0.15) is 0 Å². The van der Waals surface area contributed by atoms with Crippen LogP contribution in [0.2, 0.25) is 0 Å². The molecule has 1 aromatic carbocycles. The number of benzene rings is 1. The van der Waals surface area contributed by atoms with Crippen LogP contribution in [0.5, 0.6) is 0 Å². The molecule has 2 fully saturated rings. The highest BCUT2D eigenvalue weighted by Gasteiger charge is 2.28. The monoisotopic (exact) mass is 287 g/mol. The van der Waals surface area contributed by atoms with Gasteiger partial charge in [0.05, 0.1) is 0 Å². The molecule has 0 radical (unpaired) electrons. The maximum atomic E-state index is 2.73. The summed E-state index contributed by atoms with van der Waals surface area (Å²) in [5, 5.41) is 0. The molecule has 21 heavy (non-hydrogen) atoms. The van der Waals surface area contributed by atoms with Gasteiger partial charge in [0.15, 0.2) is 0 Å². The van der Waals surface area contributed by atoms with Crippen LogP contribution < -0.4 is 4.90 Å². The fraction of sp³-hybridized carbons (Fsp3) is 0.667. The van der Waals surface area contributed by atoms with Crippen LogP contribution in [-0.2, 0) is 0 Å². The van der Waals surface area contributed by atoms with E-state index in [4.69, 9.17) is 0 Å². The predicted molar refractivity (Wildman–Crippen MR) is 90.0 cm³/mol. The van der Waals surface area contributed by atoms with E-state index in [1.807, 2.05) is 0 Å². The molecule has 1 aromatic rings. The maximum Gasteiger partial charge on any atom is 0.0367 e. The minimum Gasteiger partial charge on any atom is -0.369 e. The zero-order valence-corrected chi connectivity index (χ0v) is 13.5. The molecule has 0 aliphatic carbocycles. The number of para-hydroxylation sites is 1. The zero-order valence-electron chi connectivity index (χ0n) is 13.5. The second-order valence-electron chi connectivity index (χ2n) is 6.72. The molecular weight excluding hydrogens is 258 g/mol. The lowest BCUT2D eigenvalue weighted by Crippen LogP contribution is -2.53. The standard InChI is InChI=1S/C18H29N3/c1-16(2)19-10-8-18(9-11-19)21-14-12-20(13-15-21)17-6-4-3-5-7-17/h3-7,16,18H,8-15H2,1-2H3. The average molecular weight is 287 g/mol. The molecule has 3 heteroatoms. The third-order valence-corrected chi connectivity index (χ3v) is 5.18. The van der Waals surface area contributed by atoms with E-state index in [2.05, 4.69) is 58.9 Å². The van der Waals surface area contributed by atoms with Gasteiger partial charge in [-0.25, -0.2) is 0 Å². The van der Waals surface area contributed by atoms with Gasteiger partial charge >= 0.3 is 0 Å². The summed E-state index contributed by atoms with van der Waals surface area (Å²) in [5.41, 5.74) is 1.38. The van der Waals surface area contributed by atoms with Crippen LogP contribution in [0.3, 0.4) is 0 Å². The van der Waals surface area contributed by atoms with Crippen molar-refractivity contribution in [3.05, 3.63) is 30.3 Å². The van der Waals surface area contributed by atoms with Crippen molar-refractivity contribution in [2.45, 2.75) is 38.8 Å². The fourth-order valence-corrected chi connectivity index (χ4v) is 3.75. The first-order chi connectivity index (χ1) is 10.2. The lowest BCUT2D eigenvalue weighted by Gasteiger charge is -2.44. The molecule has 2 aliphatic rings. The van der Waals surface area contributed by atoms with E-state index in [9.17, 15) is 0 Å². The Kier molecular flexibility index (Phi) is 4.81. The summed E-state index contributed by atoms with van der Waals surface area (Å²) in [6.45, 7) is 12.0. The molecule has 3 rings (SSSR count). The van der Waals surface area contributed by atoms with Crippen molar-refractivity contribution in [2.75, 3.05) is 44.2 Å². The highest BCUT2D eigenvalue weighted by atomic mass is 15.3. The molecule has 0 amide bonds. The molecule has 0 bridgehead atoms. The Hall–Kier alpha value is -1.06. The lowest BCUT2D eigenvalue weighted by atomic mass is 10.0. The lowest BCUT2D eigenvalue weighted by molar-refractivity contribution is 0.0883. The summed E-state index contributed by atoms with van der Waals surface area (Å²) in [6.07, 6.45) is 2.70. The van der Waals surface area contributed by atoms with Gasteiger partial charge in [-0.05, 0) is 51.9 Å². The largest absolute Gasteiger partial charge is 0.369 e. The number of hydrogen-bond acceptors (Lipinski definition) is 3. The summed E-state index contributed by atoms with van der Waals surface area (Å²) in [6, 6.07) is 12.4. The summed E-state index contributed by atoms with van der Waals surface area (Å²) >= 11 is 0. The van der Waals surface area contributed by atoms with E-state index in [-0.39, 0.29) is 0 Å². The van der Waals surface area contributed by atoms with Gasteiger partial charge in [-0.1, -0.05) is 18.2 Å². The summed E-state index contributed by atoms with van der Waals surface area (Å²) in [5.74, 6) is 0. The van der Waals surface area contributed by atoms with Gasteiger partial charge in [-0.15, -0.1) is 0 Å². The minimum atomic E-state index is 0.709. The number of anilines is 1. The molecule has 0 spiro atoms. The number of nitrogens with zero attached hydrogens (tertiary/aromatic N) is 3. The molecule has 0 aromatic heterocycles. The van der Waals surface area contributed by atoms with Crippen molar-refractivity contribution < 1.29 is 0 Å². The van der Waals surface area contributed by atoms with Crippen molar-refractivity contribution in [1.82, 2.24) is 9.80 Å². The van der Waals surface area contributed by atoms with Crippen LogP contribution in [0.25, 0.3) is 0 Å². The SMILES string of the molecule is CC(C)N1CCC(N2CCN(c3ccccc3)CC2)CC1. The van der Waals surface area contributed by atoms with Crippen molar-refractivity contribution in [3.8, 4) is 0 Å². The first-order valence-electron chi connectivity index (χ1n) is 8.52. The molecule has 0 N–H and O–H groups in total. The van der Waals surface area contributed by atoms with Gasteiger partial charge in [0, 0.05) is 44.0 Å². The zero-order chi connectivity index (χ0) is 14.7. The minimum absolute atomic E-state index is 0.709. The molecule has 3 nitrogen and oxygen atoms in total. The first kappa shape index (κ1) is 14.9. The quantitative estimate of drug-likeness (QED) is 0.846. The second kappa shape index (κ2) is 6.80. The molecule has 2 heterocycles. The van der Waals surface area contributed by atoms with Crippen molar-refractivity contribution in [2.24, 2.45) is 0 Å². The van der Waals surface area contributed by atoms with Gasteiger partial charge in [0.25, 0.3) is 0 Å². The Bertz CT molecular complexity index is 415. The molecular formula is C18H29N3. The van der Waals surface area contributed by atoms with Crippen LogP contribution in [-0.4, -0.2) is 61.2 Å². The summed E-state index contributed by atoms with van der Waals surface area (Å²) in [7, 11) is 0. The fourth-order valence-electron chi connectivity index (χ4n) is 3.75. The topological polar surface area (TPSA) is 9.72 Å². The molecule has 2 saturated heterocycles. The highest BCUT2D eigenvalue weighted by Crippen LogP contribution is 2.21. The van der Waals surface area contributed by atoms with E-state index in [1.54, 1.807) is 0 Å². The molecule has 2 aliphatic heterocycles. The average Bonchev–Trinajstić information content (AvgIpc) is 2.56. The Balaban J connectivity index is 1.48. The molecule has 0 unspecified atom stereocenters. The molecule has 0 saturated carbocycles. The van der Waals surface area contributed by atoms with E-state index in [1.165, 1.54) is 57.8 Å². The first-order valence-corrected chi connectivity index (χ1v) is 8.52. The van der Waals surface area contributed by atoms with Crippen molar-refractivity contribution in [1.29, 1.82) is 0 Å². The highest BCUT2D eigenvalue weighted by molar-refractivity contribution is 5.46. The number of hydrogen-bond donors (Lipinski definition) is 0. The Morgan fingerprint density at radius 2 is 1.48 bits per heavy atom. The predicted octanol–water partition coefficient (Wildman–Crippen LogP) is 2.68. The van der Waals surface area contributed by atoms with Gasteiger partial charge in [0.1, 0.15) is 0 Å². The van der Waals surface area contributed by atoms with Gasteiger partial charge < -0.3 is 9.80 Å². The summed E-state index contributed by atoms with van der Waals surface area (Å²) < 4.78 is 0. The van der Waals surface area contributed by atoms with Crippen LogP contribution in [0.15, 0.2) is 30.3 Å². The summed E-state index contributed by atoms with van der Waals surface area (Å²) in [4.78, 5) is 7.88. The van der Waals surface area contributed by atoms with E-state index < -0.39 is 0 Å². The number of rotatable bonds is 3. The van der Waals surface area contributed by atoms with Crippen molar-refractivity contribution >= 4 is 5.69 Å². The number of piperazine rings is 1. The van der Waals surface area contributed by atoms with E-state index >= 15 is 0 Å². The Morgan fingerprint density at radius 1 is 0.857 bits per heavy atom. The second-order valence-corrected chi connectivity index (χ2v) is 6.72. The van der Waals surface area contributed by atoms with Crippen LogP contribution in [0.4, 0.5) is 5.69 Å². The third-order valence-electron chi connectivity index (χ3n) is 5.18. The van der Waals surface area contributed by atoms with Gasteiger partial charge in [0.2, 0.25) is 0 Å². The molecule has 0 atom stereocenters. The van der Waals surface area contributed by atoms with Gasteiger partial charge in [-0.3, -0.25) is 4.90 Å². The van der Waals surface area contributed by atoms with Crippen LogP contribution >= 0.6 is 0 Å². The van der Waals surface area contributed by atoms with Crippen LogP contribution in [0.1, 0.15) is 26.7 Å². The van der Waals surface area contributed by atoms with Crippen LogP contribution in [0, 0.1) is 0 Å². The Labute approximate surface area is 129 Å². The normalized spacial score (nSPS) is 22.9. The van der Waals surface area contributed by atoms with Crippen molar-refractivity contribution in [3.63, 3.8) is 0 Å². The molecule has 116 valence electrons. The Morgan fingerprint density at radius 3 is 2.05 bits per heavy atom. The smallest absolute Gasteiger partial charge is 0.0367 e.